The highest BCUT2D eigenvalue weighted by Gasteiger charge is 2.26. The molecule has 0 saturated heterocycles. The number of hydrogen-bond donors (Lipinski definition) is 2. The van der Waals surface area contributed by atoms with Crippen LogP contribution >= 0.6 is 0 Å². The van der Waals surface area contributed by atoms with Crippen molar-refractivity contribution in [1.29, 1.82) is 0 Å². The third-order valence-corrected chi connectivity index (χ3v) is 3.98. The number of likely N-dealkylation sites (N-methyl/N-ethyl adjacent to an activating group) is 1. The van der Waals surface area contributed by atoms with Gasteiger partial charge in [-0.3, -0.25) is 9.69 Å². The van der Waals surface area contributed by atoms with E-state index in [1.807, 2.05) is 42.3 Å². The number of benzene rings is 2. The fraction of sp³-hybridized carbons (Fsp3) is 0.263. The zero-order valence-electron chi connectivity index (χ0n) is 13.8. The van der Waals surface area contributed by atoms with Crippen LogP contribution in [0.3, 0.4) is 0 Å². The first-order chi connectivity index (χ1) is 11.5. The standard InChI is InChI=1S/C19H22N2O3/c1-14(21(2)13-15-9-5-3-6-10-15)18(22)20-17(19(23)24)16-11-7-4-8-12-16/h3-12,14,17H,13H2,1-2H3,(H,20,22)(H,23,24)/t14?,17-/m0/s1. The monoisotopic (exact) mass is 326 g/mol. The van der Waals surface area contributed by atoms with Crippen LogP contribution in [-0.4, -0.2) is 35.0 Å². The van der Waals surface area contributed by atoms with E-state index in [4.69, 9.17) is 0 Å². The summed E-state index contributed by atoms with van der Waals surface area (Å²) in [6.45, 7) is 2.38. The average Bonchev–Trinajstić information content (AvgIpc) is 2.60. The van der Waals surface area contributed by atoms with Crippen molar-refractivity contribution in [1.82, 2.24) is 10.2 Å². The third kappa shape index (κ3) is 4.67. The first kappa shape index (κ1) is 17.7. The summed E-state index contributed by atoms with van der Waals surface area (Å²) in [6.07, 6.45) is 0. The predicted molar refractivity (Wildman–Crippen MR) is 92.3 cm³/mol. The molecule has 0 heterocycles. The minimum absolute atomic E-state index is 0.315. The van der Waals surface area contributed by atoms with Crippen LogP contribution in [-0.2, 0) is 16.1 Å². The summed E-state index contributed by atoms with van der Waals surface area (Å²) in [7, 11) is 1.84. The largest absolute Gasteiger partial charge is 0.479 e. The van der Waals surface area contributed by atoms with Gasteiger partial charge in [0.1, 0.15) is 0 Å². The van der Waals surface area contributed by atoms with Gasteiger partial charge in [0.25, 0.3) is 0 Å². The molecule has 2 N–H and O–H groups in total. The topological polar surface area (TPSA) is 69.6 Å². The van der Waals surface area contributed by atoms with Gasteiger partial charge >= 0.3 is 5.97 Å². The van der Waals surface area contributed by atoms with Crippen LogP contribution in [0.1, 0.15) is 24.1 Å². The smallest absolute Gasteiger partial charge is 0.330 e. The second kappa shape index (κ2) is 8.26. The number of carboxylic acid groups (broad SMARTS) is 1. The Labute approximate surface area is 141 Å². The highest BCUT2D eigenvalue weighted by Crippen LogP contribution is 2.14. The van der Waals surface area contributed by atoms with Crippen LogP contribution in [0.5, 0.6) is 0 Å². The van der Waals surface area contributed by atoms with Gasteiger partial charge in [-0.1, -0.05) is 60.7 Å². The molecule has 2 atom stereocenters. The Morgan fingerprint density at radius 1 is 1.04 bits per heavy atom. The SMILES string of the molecule is CC(C(=O)N[C@H](C(=O)O)c1ccccc1)N(C)Cc1ccccc1. The molecule has 0 bridgehead atoms. The normalized spacial score (nSPS) is 13.3. The molecule has 1 amide bonds. The lowest BCUT2D eigenvalue weighted by molar-refractivity contribution is -0.142. The van der Waals surface area contributed by atoms with Gasteiger partial charge in [-0.25, -0.2) is 4.79 Å². The molecule has 5 heteroatoms. The van der Waals surface area contributed by atoms with Crippen LogP contribution in [0.15, 0.2) is 60.7 Å². The van der Waals surface area contributed by atoms with E-state index >= 15 is 0 Å². The minimum Gasteiger partial charge on any atom is -0.479 e. The fourth-order valence-corrected chi connectivity index (χ4v) is 2.40. The number of amides is 1. The molecule has 5 nitrogen and oxygen atoms in total. The number of carbonyl (C=O) groups is 2. The highest BCUT2D eigenvalue weighted by molar-refractivity contribution is 5.87. The number of hydrogen-bond acceptors (Lipinski definition) is 3. The molecule has 0 aliphatic rings. The van der Waals surface area contributed by atoms with E-state index in [0.29, 0.717) is 12.1 Å². The zero-order valence-corrected chi connectivity index (χ0v) is 13.8. The summed E-state index contributed by atoms with van der Waals surface area (Å²) in [6, 6.07) is 17.0. The lowest BCUT2D eigenvalue weighted by atomic mass is 10.1. The summed E-state index contributed by atoms with van der Waals surface area (Å²) in [5.74, 6) is -1.39. The van der Waals surface area contributed by atoms with Crippen molar-refractivity contribution in [2.45, 2.75) is 25.6 Å². The molecular formula is C19H22N2O3. The van der Waals surface area contributed by atoms with Crippen molar-refractivity contribution < 1.29 is 14.7 Å². The molecule has 24 heavy (non-hydrogen) atoms. The van der Waals surface area contributed by atoms with Crippen molar-refractivity contribution in [3.8, 4) is 0 Å². The van der Waals surface area contributed by atoms with E-state index in [0.717, 1.165) is 5.56 Å². The van der Waals surface area contributed by atoms with E-state index in [-0.39, 0.29) is 5.91 Å². The Balaban J connectivity index is 2.02. The molecular weight excluding hydrogens is 304 g/mol. The van der Waals surface area contributed by atoms with Crippen LogP contribution < -0.4 is 5.32 Å². The Kier molecular flexibility index (Phi) is 6.09. The predicted octanol–water partition coefficient (Wildman–Crippen LogP) is 2.45. The quantitative estimate of drug-likeness (QED) is 0.820. The first-order valence-electron chi connectivity index (χ1n) is 7.81. The average molecular weight is 326 g/mol. The number of nitrogens with one attached hydrogen (secondary N) is 1. The summed E-state index contributed by atoms with van der Waals surface area (Å²) in [5, 5.41) is 12.0. The van der Waals surface area contributed by atoms with Gasteiger partial charge < -0.3 is 10.4 Å². The van der Waals surface area contributed by atoms with Crippen LogP contribution in [0, 0.1) is 0 Å². The van der Waals surface area contributed by atoms with Crippen molar-refractivity contribution in [3.05, 3.63) is 71.8 Å². The molecule has 0 aliphatic carbocycles. The number of carbonyl (C=O) groups excluding carboxylic acids is 1. The van der Waals surface area contributed by atoms with Crippen molar-refractivity contribution in [2.24, 2.45) is 0 Å². The molecule has 0 aromatic heterocycles. The maximum absolute atomic E-state index is 12.4. The lowest BCUT2D eigenvalue weighted by Crippen LogP contribution is -2.45. The van der Waals surface area contributed by atoms with Crippen molar-refractivity contribution in [3.63, 3.8) is 0 Å². The van der Waals surface area contributed by atoms with Gasteiger partial charge in [0.05, 0.1) is 6.04 Å². The maximum atomic E-state index is 12.4. The molecule has 0 fully saturated rings. The van der Waals surface area contributed by atoms with E-state index in [9.17, 15) is 14.7 Å². The number of carboxylic acids is 1. The van der Waals surface area contributed by atoms with E-state index in [1.54, 1.807) is 37.3 Å². The van der Waals surface area contributed by atoms with Gasteiger partial charge in [0.15, 0.2) is 6.04 Å². The molecule has 2 rings (SSSR count). The molecule has 2 aromatic carbocycles. The third-order valence-electron chi connectivity index (χ3n) is 3.98. The van der Waals surface area contributed by atoms with Crippen molar-refractivity contribution >= 4 is 11.9 Å². The van der Waals surface area contributed by atoms with Gasteiger partial charge in [-0.2, -0.15) is 0 Å². The molecule has 1 unspecified atom stereocenters. The van der Waals surface area contributed by atoms with E-state index in [1.165, 1.54) is 0 Å². The van der Waals surface area contributed by atoms with Gasteiger partial charge in [-0.05, 0) is 25.1 Å². The van der Waals surface area contributed by atoms with Crippen LogP contribution in [0.4, 0.5) is 0 Å². The fourth-order valence-electron chi connectivity index (χ4n) is 2.40. The van der Waals surface area contributed by atoms with Crippen LogP contribution in [0.2, 0.25) is 0 Å². The number of aliphatic carboxylic acids is 1. The molecule has 0 spiro atoms. The summed E-state index contributed by atoms with van der Waals surface area (Å²) < 4.78 is 0. The van der Waals surface area contributed by atoms with Gasteiger partial charge in [-0.15, -0.1) is 0 Å². The summed E-state index contributed by atoms with van der Waals surface area (Å²) in [4.78, 5) is 25.8. The molecule has 0 radical (unpaired) electrons. The Bertz CT molecular complexity index is 674. The maximum Gasteiger partial charge on any atom is 0.330 e. The Morgan fingerprint density at radius 2 is 1.58 bits per heavy atom. The second-order valence-corrected chi connectivity index (χ2v) is 5.77. The van der Waals surface area contributed by atoms with Gasteiger partial charge in [0, 0.05) is 6.54 Å². The second-order valence-electron chi connectivity index (χ2n) is 5.77. The summed E-state index contributed by atoms with van der Waals surface area (Å²) in [5.41, 5.74) is 1.65. The van der Waals surface area contributed by atoms with E-state index < -0.39 is 18.1 Å². The van der Waals surface area contributed by atoms with Crippen molar-refractivity contribution in [2.75, 3.05) is 7.05 Å². The zero-order chi connectivity index (χ0) is 17.5. The number of rotatable bonds is 7. The minimum atomic E-state index is -1.08. The van der Waals surface area contributed by atoms with E-state index in [2.05, 4.69) is 5.32 Å². The van der Waals surface area contributed by atoms with Crippen LogP contribution in [0.25, 0.3) is 0 Å². The molecule has 126 valence electrons. The van der Waals surface area contributed by atoms with Gasteiger partial charge in [0.2, 0.25) is 5.91 Å². The molecule has 0 saturated carbocycles. The number of nitrogens with zero attached hydrogens (tertiary/aromatic N) is 1. The molecule has 0 aliphatic heterocycles. The highest BCUT2D eigenvalue weighted by atomic mass is 16.4. The Hall–Kier alpha value is -2.66. The molecule has 2 aromatic rings. The lowest BCUT2D eigenvalue weighted by Gasteiger charge is -2.25. The Morgan fingerprint density at radius 3 is 2.12 bits per heavy atom. The first-order valence-corrected chi connectivity index (χ1v) is 7.81. The summed E-state index contributed by atoms with van der Waals surface area (Å²) >= 11 is 0.